The number of thioether (sulfide) groups is 1. The molecule has 0 aliphatic carbocycles. The highest BCUT2D eigenvalue weighted by molar-refractivity contribution is 7.99. The summed E-state index contributed by atoms with van der Waals surface area (Å²) >= 11 is 1.94. The minimum Gasteiger partial charge on any atom is -0.316 e. The molecule has 0 amide bonds. The highest BCUT2D eigenvalue weighted by Gasteiger charge is 1.97. The van der Waals surface area contributed by atoms with Crippen LogP contribution >= 0.6 is 11.8 Å². The molecule has 96 valence electrons. The Bertz CT molecular complexity index is 313. The van der Waals surface area contributed by atoms with Gasteiger partial charge in [-0.15, -0.1) is 11.8 Å². The molecule has 17 heavy (non-hydrogen) atoms. The summed E-state index contributed by atoms with van der Waals surface area (Å²) in [6, 6.07) is 8.58. The smallest absolute Gasteiger partial charge is 0.0106 e. The van der Waals surface area contributed by atoms with Crippen molar-refractivity contribution in [3.05, 3.63) is 29.8 Å². The Morgan fingerprint density at radius 3 is 2.65 bits per heavy atom. The number of hydrogen-bond acceptors (Lipinski definition) is 3. The maximum atomic E-state index is 3.48. The van der Waals surface area contributed by atoms with E-state index in [0.29, 0.717) is 0 Å². The second-order valence-corrected chi connectivity index (χ2v) is 5.66. The number of nitrogens with zero attached hydrogens (tertiary/aromatic N) is 1. The van der Waals surface area contributed by atoms with Gasteiger partial charge >= 0.3 is 0 Å². The first-order valence-corrected chi connectivity index (χ1v) is 7.22. The molecule has 0 radical (unpaired) electrons. The average molecular weight is 252 g/mol. The number of aryl methyl sites for hydroxylation is 1. The second-order valence-electron chi connectivity index (χ2n) is 4.52. The Kier molecular flexibility index (Phi) is 7.33. The number of hydrogen-bond donors (Lipinski definition) is 1. The molecule has 0 saturated heterocycles. The van der Waals surface area contributed by atoms with Crippen molar-refractivity contribution in [2.75, 3.05) is 39.5 Å². The molecule has 0 heterocycles. The zero-order chi connectivity index (χ0) is 12.5. The molecule has 1 rings (SSSR count). The van der Waals surface area contributed by atoms with E-state index in [-0.39, 0.29) is 0 Å². The predicted molar refractivity (Wildman–Crippen MR) is 77.9 cm³/mol. The summed E-state index contributed by atoms with van der Waals surface area (Å²) in [7, 11) is 4.24. The fraction of sp³-hybridized carbons (Fsp3) is 0.571. The number of rotatable bonds is 8. The van der Waals surface area contributed by atoms with Crippen LogP contribution in [0.4, 0.5) is 0 Å². The molecule has 0 saturated carbocycles. The van der Waals surface area contributed by atoms with Crippen LogP contribution in [0.15, 0.2) is 29.2 Å². The summed E-state index contributed by atoms with van der Waals surface area (Å²) in [5.41, 5.74) is 1.38. The van der Waals surface area contributed by atoms with Crippen molar-refractivity contribution in [1.82, 2.24) is 10.2 Å². The topological polar surface area (TPSA) is 15.3 Å². The van der Waals surface area contributed by atoms with E-state index in [1.165, 1.54) is 16.9 Å². The van der Waals surface area contributed by atoms with Crippen molar-refractivity contribution in [2.45, 2.75) is 18.2 Å². The Hall–Kier alpha value is -0.510. The van der Waals surface area contributed by atoms with Crippen molar-refractivity contribution in [2.24, 2.45) is 0 Å². The van der Waals surface area contributed by atoms with Gasteiger partial charge in [0.2, 0.25) is 0 Å². The van der Waals surface area contributed by atoms with E-state index in [1.807, 2.05) is 11.8 Å². The Labute approximate surface area is 110 Å². The van der Waals surface area contributed by atoms with Crippen molar-refractivity contribution < 1.29 is 0 Å². The molecule has 1 aromatic rings. The molecule has 0 spiro atoms. The predicted octanol–water partition coefficient (Wildman–Crippen LogP) is 2.63. The molecule has 0 atom stereocenters. The summed E-state index contributed by atoms with van der Waals surface area (Å²) in [6.45, 7) is 5.55. The standard InChI is InChI=1S/C14H24N2S/c1-13-7-4-5-8-14(13)17-12-10-15-9-6-11-16(2)3/h4-5,7-8,15H,6,9-12H2,1-3H3. The van der Waals surface area contributed by atoms with Crippen LogP contribution in [-0.2, 0) is 0 Å². The molecule has 0 aliphatic rings. The lowest BCUT2D eigenvalue weighted by molar-refractivity contribution is 0.396. The van der Waals surface area contributed by atoms with Crippen molar-refractivity contribution in [3.63, 3.8) is 0 Å². The molecule has 0 fully saturated rings. The molecule has 0 bridgehead atoms. The van der Waals surface area contributed by atoms with Gasteiger partial charge in [0.15, 0.2) is 0 Å². The van der Waals surface area contributed by atoms with Crippen LogP contribution in [0, 0.1) is 6.92 Å². The van der Waals surface area contributed by atoms with Gasteiger partial charge in [0.25, 0.3) is 0 Å². The number of nitrogens with one attached hydrogen (secondary N) is 1. The minimum atomic E-state index is 1.09. The summed E-state index contributed by atoms with van der Waals surface area (Å²) in [6.07, 6.45) is 1.22. The third kappa shape index (κ3) is 6.71. The largest absolute Gasteiger partial charge is 0.316 e. The molecule has 1 N–H and O–H groups in total. The van der Waals surface area contributed by atoms with Crippen LogP contribution < -0.4 is 5.32 Å². The van der Waals surface area contributed by atoms with Gasteiger partial charge < -0.3 is 10.2 Å². The van der Waals surface area contributed by atoms with Gasteiger partial charge in [0, 0.05) is 17.2 Å². The summed E-state index contributed by atoms with van der Waals surface area (Å²) in [4.78, 5) is 3.63. The first kappa shape index (κ1) is 14.6. The van der Waals surface area contributed by atoms with Gasteiger partial charge in [-0.2, -0.15) is 0 Å². The number of benzene rings is 1. The molecular weight excluding hydrogens is 228 g/mol. The van der Waals surface area contributed by atoms with E-state index in [9.17, 15) is 0 Å². The van der Waals surface area contributed by atoms with Crippen molar-refractivity contribution in [3.8, 4) is 0 Å². The first-order chi connectivity index (χ1) is 8.20. The Balaban J connectivity index is 2.03. The van der Waals surface area contributed by atoms with Crippen molar-refractivity contribution >= 4 is 11.8 Å². The lowest BCUT2D eigenvalue weighted by Gasteiger charge is -2.10. The van der Waals surface area contributed by atoms with Gasteiger partial charge in [0.1, 0.15) is 0 Å². The van der Waals surface area contributed by atoms with E-state index in [1.54, 1.807) is 0 Å². The van der Waals surface area contributed by atoms with Crippen LogP contribution in [-0.4, -0.2) is 44.4 Å². The van der Waals surface area contributed by atoms with Gasteiger partial charge in [0.05, 0.1) is 0 Å². The fourth-order valence-electron chi connectivity index (χ4n) is 1.60. The molecule has 3 heteroatoms. The van der Waals surface area contributed by atoms with Gasteiger partial charge in [-0.05, 0) is 52.2 Å². The van der Waals surface area contributed by atoms with E-state index in [0.717, 1.165) is 25.4 Å². The molecule has 0 aromatic heterocycles. The maximum Gasteiger partial charge on any atom is 0.0106 e. The van der Waals surface area contributed by atoms with E-state index < -0.39 is 0 Å². The Morgan fingerprint density at radius 1 is 1.18 bits per heavy atom. The quantitative estimate of drug-likeness (QED) is 0.565. The van der Waals surface area contributed by atoms with Gasteiger partial charge in [-0.1, -0.05) is 18.2 Å². The zero-order valence-corrected chi connectivity index (χ0v) is 12.0. The third-order valence-electron chi connectivity index (χ3n) is 2.59. The fourth-order valence-corrected chi connectivity index (χ4v) is 2.53. The van der Waals surface area contributed by atoms with Gasteiger partial charge in [-0.25, -0.2) is 0 Å². The third-order valence-corrected chi connectivity index (χ3v) is 3.77. The van der Waals surface area contributed by atoms with Crippen molar-refractivity contribution in [1.29, 1.82) is 0 Å². The van der Waals surface area contributed by atoms with E-state index >= 15 is 0 Å². The monoisotopic (exact) mass is 252 g/mol. The van der Waals surface area contributed by atoms with Crippen LogP contribution in [0.2, 0.25) is 0 Å². The van der Waals surface area contributed by atoms with E-state index in [4.69, 9.17) is 0 Å². The lowest BCUT2D eigenvalue weighted by Crippen LogP contribution is -2.23. The molecule has 1 aromatic carbocycles. The highest BCUT2D eigenvalue weighted by Crippen LogP contribution is 2.20. The first-order valence-electron chi connectivity index (χ1n) is 6.24. The molecule has 0 unspecified atom stereocenters. The average Bonchev–Trinajstić information content (AvgIpc) is 2.30. The van der Waals surface area contributed by atoms with Crippen LogP contribution in [0.25, 0.3) is 0 Å². The molecular formula is C14H24N2S. The summed E-state index contributed by atoms with van der Waals surface area (Å²) < 4.78 is 0. The molecule has 2 nitrogen and oxygen atoms in total. The highest BCUT2D eigenvalue weighted by atomic mass is 32.2. The summed E-state index contributed by atoms with van der Waals surface area (Å²) in [5, 5.41) is 3.48. The van der Waals surface area contributed by atoms with E-state index in [2.05, 4.69) is 55.5 Å². The van der Waals surface area contributed by atoms with Crippen LogP contribution in [0.5, 0.6) is 0 Å². The maximum absolute atomic E-state index is 3.48. The minimum absolute atomic E-state index is 1.09. The lowest BCUT2D eigenvalue weighted by atomic mass is 10.2. The SMILES string of the molecule is Cc1ccccc1SCCNCCCN(C)C. The second kappa shape index (κ2) is 8.56. The molecule has 0 aliphatic heterocycles. The Morgan fingerprint density at radius 2 is 1.94 bits per heavy atom. The van der Waals surface area contributed by atoms with Gasteiger partial charge in [-0.3, -0.25) is 0 Å². The van der Waals surface area contributed by atoms with Crippen LogP contribution in [0.3, 0.4) is 0 Å². The normalized spacial score (nSPS) is 11.1. The summed E-state index contributed by atoms with van der Waals surface area (Å²) in [5.74, 6) is 1.15. The van der Waals surface area contributed by atoms with Crippen LogP contribution in [0.1, 0.15) is 12.0 Å². The zero-order valence-electron chi connectivity index (χ0n) is 11.2.